The second kappa shape index (κ2) is 9.30. The molecule has 0 aliphatic rings. The van der Waals surface area contributed by atoms with E-state index in [0.29, 0.717) is 24.6 Å². The third kappa shape index (κ3) is 5.27. The number of carbonyl (C=O) groups excluding carboxylic acids is 1. The Balaban J connectivity index is 0.00000338. The Kier molecular flexibility index (Phi) is 7.73. The number of nitrogens with two attached hydrogens (primary N) is 1. The Bertz CT molecular complexity index is 762. The Labute approximate surface area is 158 Å². The van der Waals surface area contributed by atoms with Crippen molar-refractivity contribution in [3.8, 4) is 5.69 Å². The van der Waals surface area contributed by atoms with E-state index in [2.05, 4.69) is 5.10 Å². The van der Waals surface area contributed by atoms with Crippen molar-refractivity contribution in [2.75, 3.05) is 13.6 Å². The highest BCUT2D eigenvalue weighted by Crippen LogP contribution is 2.16. The van der Waals surface area contributed by atoms with Crippen LogP contribution in [0.25, 0.3) is 5.69 Å². The van der Waals surface area contributed by atoms with Crippen molar-refractivity contribution < 1.29 is 9.72 Å². The SMILES string of the molecule is CC(C)C(N)CCN(C)C(=O)c1ccn(-c2cccc([N+](=O)[O-])c2)n1.Cl. The Hall–Kier alpha value is -2.45. The summed E-state index contributed by atoms with van der Waals surface area (Å²) in [5, 5.41) is 15.1. The molecule has 1 unspecified atom stereocenters. The lowest BCUT2D eigenvalue weighted by Crippen LogP contribution is -2.34. The summed E-state index contributed by atoms with van der Waals surface area (Å²) in [5.41, 5.74) is 6.79. The van der Waals surface area contributed by atoms with E-state index in [9.17, 15) is 14.9 Å². The topological polar surface area (TPSA) is 107 Å². The molecule has 0 aliphatic carbocycles. The molecule has 0 aliphatic heterocycles. The zero-order chi connectivity index (χ0) is 18.6. The normalized spacial score (nSPS) is 11.7. The molecule has 0 saturated heterocycles. The van der Waals surface area contributed by atoms with Crippen LogP contribution in [-0.2, 0) is 0 Å². The summed E-state index contributed by atoms with van der Waals surface area (Å²) in [6, 6.07) is 7.73. The van der Waals surface area contributed by atoms with Crippen LogP contribution in [0, 0.1) is 16.0 Å². The first-order chi connectivity index (χ1) is 11.8. The van der Waals surface area contributed by atoms with Gasteiger partial charge in [0.1, 0.15) is 0 Å². The van der Waals surface area contributed by atoms with Crippen molar-refractivity contribution in [2.45, 2.75) is 26.3 Å². The summed E-state index contributed by atoms with van der Waals surface area (Å²) in [6.07, 6.45) is 2.32. The van der Waals surface area contributed by atoms with Crippen LogP contribution in [0.2, 0.25) is 0 Å². The van der Waals surface area contributed by atoms with E-state index < -0.39 is 4.92 Å². The molecular weight excluding hydrogens is 358 g/mol. The minimum atomic E-state index is -0.467. The average molecular weight is 382 g/mol. The lowest BCUT2D eigenvalue weighted by Gasteiger charge is -2.20. The van der Waals surface area contributed by atoms with E-state index in [4.69, 9.17) is 5.73 Å². The molecule has 0 fully saturated rings. The first-order valence-corrected chi connectivity index (χ1v) is 8.11. The van der Waals surface area contributed by atoms with Crippen molar-refractivity contribution in [2.24, 2.45) is 11.7 Å². The van der Waals surface area contributed by atoms with Crippen LogP contribution in [0.5, 0.6) is 0 Å². The Morgan fingerprint density at radius 3 is 2.69 bits per heavy atom. The van der Waals surface area contributed by atoms with Gasteiger partial charge in [-0.05, 0) is 24.5 Å². The summed E-state index contributed by atoms with van der Waals surface area (Å²) < 4.78 is 1.45. The molecule has 1 atom stereocenters. The number of benzene rings is 1. The minimum Gasteiger partial charge on any atom is -0.340 e. The number of amides is 1. The Morgan fingerprint density at radius 2 is 2.08 bits per heavy atom. The molecule has 9 heteroatoms. The smallest absolute Gasteiger partial charge is 0.274 e. The van der Waals surface area contributed by atoms with Gasteiger partial charge in [0.25, 0.3) is 11.6 Å². The lowest BCUT2D eigenvalue weighted by atomic mass is 10.0. The molecule has 2 aromatic rings. The number of nitro benzene ring substituents is 1. The van der Waals surface area contributed by atoms with E-state index in [0.717, 1.165) is 0 Å². The number of nitrogens with zero attached hydrogens (tertiary/aromatic N) is 4. The molecule has 1 amide bonds. The fourth-order valence-electron chi connectivity index (χ4n) is 2.30. The fourth-order valence-corrected chi connectivity index (χ4v) is 2.30. The van der Waals surface area contributed by atoms with Gasteiger partial charge in [0, 0.05) is 38.0 Å². The maximum atomic E-state index is 12.4. The van der Waals surface area contributed by atoms with E-state index in [1.54, 1.807) is 36.3 Å². The number of rotatable bonds is 7. The number of non-ortho nitro benzene ring substituents is 1. The predicted octanol–water partition coefficient (Wildman–Crippen LogP) is 2.65. The van der Waals surface area contributed by atoms with Crippen molar-refractivity contribution in [3.05, 3.63) is 52.3 Å². The van der Waals surface area contributed by atoms with Gasteiger partial charge in [-0.25, -0.2) is 4.68 Å². The largest absolute Gasteiger partial charge is 0.340 e. The van der Waals surface area contributed by atoms with Crippen molar-refractivity contribution in [1.82, 2.24) is 14.7 Å². The van der Waals surface area contributed by atoms with Crippen LogP contribution in [-0.4, -0.2) is 45.1 Å². The van der Waals surface area contributed by atoms with Crippen LogP contribution >= 0.6 is 12.4 Å². The molecule has 0 radical (unpaired) electrons. The zero-order valence-electron chi connectivity index (χ0n) is 15.0. The molecule has 26 heavy (non-hydrogen) atoms. The Morgan fingerprint density at radius 1 is 1.38 bits per heavy atom. The van der Waals surface area contributed by atoms with Crippen molar-refractivity contribution >= 4 is 24.0 Å². The van der Waals surface area contributed by atoms with E-state index in [1.165, 1.54) is 16.8 Å². The number of aromatic nitrogens is 2. The molecule has 0 spiro atoms. The molecule has 2 N–H and O–H groups in total. The van der Waals surface area contributed by atoms with Gasteiger partial charge in [-0.1, -0.05) is 19.9 Å². The number of nitro groups is 1. The fraction of sp³-hybridized carbons (Fsp3) is 0.412. The second-order valence-corrected chi connectivity index (χ2v) is 6.35. The highest BCUT2D eigenvalue weighted by Gasteiger charge is 2.17. The van der Waals surface area contributed by atoms with Crippen LogP contribution < -0.4 is 5.73 Å². The summed E-state index contributed by atoms with van der Waals surface area (Å²) >= 11 is 0. The van der Waals surface area contributed by atoms with Gasteiger partial charge in [0.2, 0.25) is 0 Å². The van der Waals surface area contributed by atoms with Crippen molar-refractivity contribution in [3.63, 3.8) is 0 Å². The highest BCUT2D eigenvalue weighted by molar-refractivity contribution is 5.92. The first kappa shape index (κ1) is 21.6. The summed E-state index contributed by atoms with van der Waals surface area (Å²) in [7, 11) is 1.71. The van der Waals surface area contributed by atoms with E-state index in [-0.39, 0.29) is 35.7 Å². The van der Waals surface area contributed by atoms with Crippen LogP contribution in [0.15, 0.2) is 36.5 Å². The number of carbonyl (C=O) groups is 1. The number of hydrogen-bond acceptors (Lipinski definition) is 5. The maximum Gasteiger partial charge on any atom is 0.274 e. The van der Waals surface area contributed by atoms with Crippen LogP contribution in [0.4, 0.5) is 5.69 Å². The van der Waals surface area contributed by atoms with Crippen molar-refractivity contribution in [1.29, 1.82) is 0 Å². The number of hydrogen-bond donors (Lipinski definition) is 1. The molecule has 2 rings (SSSR count). The van der Waals surface area contributed by atoms with E-state index >= 15 is 0 Å². The molecule has 1 heterocycles. The second-order valence-electron chi connectivity index (χ2n) is 6.35. The molecule has 1 aromatic carbocycles. The molecule has 0 saturated carbocycles. The zero-order valence-corrected chi connectivity index (χ0v) is 15.8. The average Bonchev–Trinajstić information content (AvgIpc) is 3.08. The van der Waals surface area contributed by atoms with Crippen LogP contribution in [0.3, 0.4) is 0 Å². The van der Waals surface area contributed by atoms with E-state index in [1.807, 2.05) is 13.8 Å². The quantitative estimate of drug-likeness (QED) is 0.586. The molecular formula is C17H24ClN5O3. The van der Waals surface area contributed by atoms with Gasteiger partial charge in [-0.2, -0.15) is 5.10 Å². The van der Waals surface area contributed by atoms with Gasteiger partial charge >= 0.3 is 0 Å². The third-order valence-corrected chi connectivity index (χ3v) is 4.11. The summed E-state index contributed by atoms with van der Waals surface area (Å²) in [4.78, 5) is 24.4. The first-order valence-electron chi connectivity index (χ1n) is 8.11. The lowest BCUT2D eigenvalue weighted by molar-refractivity contribution is -0.384. The monoisotopic (exact) mass is 381 g/mol. The van der Waals surface area contributed by atoms with Gasteiger partial charge in [0.05, 0.1) is 10.6 Å². The van der Waals surface area contributed by atoms with Gasteiger partial charge < -0.3 is 10.6 Å². The third-order valence-electron chi connectivity index (χ3n) is 4.11. The maximum absolute atomic E-state index is 12.4. The highest BCUT2D eigenvalue weighted by atomic mass is 35.5. The van der Waals surface area contributed by atoms with Gasteiger partial charge in [-0.15, -0.1) is 12.4 Å². The molecule has 1 aromatic heterocycles. The molecule has 0 bridgehead atoms. The summed E-state index contributed by atoms with van der Waals surface area (Å²) in [5.74, 6) is 0.150. The molecule has 142 valence electrons. The summed E-state index contributed by atoms with van der Waals surface area (Å²) in [6.45, 7) is 4.64. The number of halogens is 1. The predicted molar refractivity (Wildman–Crippen MR) is 102 cm³/mol. The standard InChI is InChI=1S/C17H23N5O3.ClH/c1-12(2)15(18)7-9-20(3)17(23)16-8-10-21(19-16)13-5-4-6-14(11-13)22(24)25;/h4-6,8,10-12,15H,7,9,18H2,1-3H3;1H. The minimum absolute atomic E-state index is 0. The molecule has 8 nitrogen and oxygen atoms in total. The van der Waals surface area contributed by atoms with Gasteiger partial charge in [0.15, 0.2) is 5.69 Å². The van der Waals surface area contributed by atoms with Gasteiger partial charge in [-0.3, -0.25) is 14.9 Å². The van der Waals surface area contributed by atoms with Crippen LogP contribution in [0.1, 0.15) is 30.8 Å².